The largest absolute Gasteiger partial charge is 0.451 e. The fourth-order valence-corrected chi connectivity index (χ4v) is 4.85. The van der Waals surface area contributed by atoms with E-state index < -0.39 is 45.8 Å². The Morgan fingerprint density at radius 3 is 2.46 bits per heavy atom. The van der Waals surface area contributed by atoms with Gasteiger partial charge in [-0.2, -0.15) is 0 Å². The average molecular weight is 431 g/mol. The highest BCUT2D eigenvalue weighted by Gasteiger charge is 2.35. The van der Waals surface area contributed by atoms with Crippen molar-refractivity contribution < 1.29 is 27.5 Å². The monoisotopic (exact) mass is 430 g/mol. The zero-order valence-corrected chi connectivity index (χ0v) is 17.4. The Morgan fingerprint density at radius 2 is 1.89 bits per heavy atom. The Balaban J connectivity index is 1.91. The number of amides is 2. The topological polar surface area (TPSA) is 110 Å². The summed E-state index contributed by atoms with van der Waals surface area (Å²) in [5, 5.41) is 2.72. The summed E-state index contributed by atoms with van der Waals surface area (Å²) in [7, 11) is -1.65. The molecule has 0 aliphatic carbocycles. The van der Waals surface area contributed by atoms with Crippen molar-refractivity contribution in [1.29, 1.82) is 0 Å². The van der Waals surface area contributed by atoms with Gasteiger partial charge in [-0.05, 0) is 32.4 Å². The number of halogens is 1. The first-order chi connectivity index (χ1) is 13.0. The number of esters is 1. The van der Waals surface area contributed by atoms with Crippen molar-refractivity contribution in [3.63, 3.8) is 0 Å². The van der Waals surface area contributed by atoms with Crippen LogP contribution in [0.25, 0.3) is 0 Å². The lowest BCUT2D eigenvalue weighted by Crippen LogP contribution is -2.46. The van der Waals surface area contributed by atoms with Crippen molar-refractivity contribution in [2.24, 2.45) is 0 Å². The summed E-state index contributed by atoms with van der Waals surface area (Å²) in [6, 6.07) is 4.96. The molecule has 1 aromatic rings. The number of hydrogen-bond donors (Lipinski definition) is 1. The number of rotatable bonds is 6. The Hall–Kier alpha value is -2.13. The Bertz CT molecular complexity index is 873. The van der Waals surface area contributed by atoms with Gasteiger partial charge in [-0.3, -0.25) is 9.59 Å². The number of benzene rings is 1. The molecule has 28 heavy (non-hydrogen) atoms. The van der Waals surface area contributed by atoms with Crippen LogP contribution >= 0.6 is 11.6 Å². The van der Waals surface area contributed by atoms with E-state index in [0.29, 0.717) is 6.42 Å². The van der Waals surface area contributed by atoms with E-state index in [-0.39, 0.29) is 22.1 Å². The van der Waals surface area contributed by atoms with E-state index in [1.807, 2.05) is 0 Å². The highest BCUT2D eigenvalue weighted by molar-refractivity contribution is 7.91. The molecule has 2 rings (SSSR count). The molecule has 10 heteroatoms. The molecule has 1 saturated heterocycles. The molecule has 1 aliphatic rings. The standard InChI is InChI=1S/C18H23ClN2O6S/c1-11(20-16(22)14-6-4-5-7-15(14)19)18(24)27-12(2)17(23)21(3)13-8-9-28(25,26)10-13/h4-7,11-13H,8-10H2,1-3H3,(H,20,22)/t11-,12+,13-/m0/s1. The molecule has 0 spiro atoms. The van der Waals surface area contributed by atoms with Crippen LogP contribution in [0, 0.1) is 0 Å². The van der Waals surface area contributed by atoms with Gasteiger partial charge in [0.15, 0.2) is 15.9 Å². The minimum Gasteiger partial charge on any atom is -0.451 e. The van der Waals surface area contributed by atoms with Gasteiger partial charge in [0.2, 0.25) is 0 Å². The molecule has 0 aromatic heterocycles. The molecule has 0 bridgehead atoms. The Morgan fingerprint density at radius 1 is 1.25 bits per heavy atom. The number of nitrogens with zero attached hydrogens (tertiary/aromatic N) is 1. The highest BCUT2D eigenvalue weighted by atomic mass is 35.5. The predicted molar refractivity (Wildman–Crippen MR) is 104 cm³/mol. The number of hydrogen-bond acceptors (Lipinski definition) is 6. The van der Waals surface area contributed by atoms with Crippen LogP contribution in [0.4, 0.5) is 0 Å². The average Bonchev–Trinajstić information content (AvgIpc) is 3.00. The maximum Gasteiger partial charge on any atom is 0.329 e. The third kappa shape index (κ3) is 5.45. The number of carbonyl (C=O) groups is 3. The first kappa shape index (κ1) is 22.2. The maximum atomic E-state index is 12.4. The predicted octanol–water partition coefficient (Wildman–Crippen LogP) is 1.04. The van der Waals surface area contributed by atoms with Crippen molar-refractivity contribution >= 4 is 39.2 Å². The fraction of sp³-hybridized carbons (Fsp3) is 0.500. The van der Waals surface area contributed by atoms with Crippen molar-refractivity contribution in [1.82, 2.24) is 10.2 Å². The van der Waals surface area contributed by atoms with Gasteiger partial charge in [-0.1, -0.05) is 23.7 Å². The van der Waals surface area contributed by atoms with Crippen LogP contribution in [0.1, 0.15) is 30.6 Å². The third-order valence-corrected chi connectivity index (χ3v) is 6.64. The van der Waals surface area contributed by atoms with Crippen molar-refractivity contribution in [2.75, 3.05) is 18.6 Å². The lowest BCUT2D eigenvalue weighted by molar-refractivity contribution is -0.160. The van der Waals surface area contributed by atoms with Gasteiger partial charge >= 0.3 is 5.97 Å². The molecule has 3 atom stereocenters. The van der Waals surface area contributed by atoms with Gasteiger partial charge in [-0.25, -0.2) is 13.2 Å². The second-order valence-electron chi connectivity index (χ2n) is 6.76. The highest BCUT2D eigenvalue weighted by Crippen LogP contribution is 2.18. The number of likely N-dealkylation sites (N-methyl/N-ethyl adjacent to an activating group) is 1. The van der Waals surface area contributed by atoms with Gasteiger partial charge in [0.25, 0.3) is 11.8 Å². The van der Waals surface area contributed by atoms with Crippen LogP contribution in [0.3, 0.4) is 0 Å². The van der Waals surface area contributed by atoms with E-state index in [1.54, 1.807) is 18.2 Å². The second kappa shape index (κ2) is 8.91. The smallest absolute Gasteiger partial charge is 0.329 e. The van der Waals surface area contributed by atoms with Crippen LogP contribution in [0.15, 0.2) is 24.3 Å². The van der Waals surface area contributed by atoms with E-state index in [0.717, 1.165) is 0 Å². The summed E-state index contributed by atoms with van der Waals surface area (Å²) in [6.07, 6.45) is -0.754. The van der Waals surface area contributed by atoms with Crippen molar-refractivity contribution in [3.8, 4) is 0 Å². The molecule has 2 amide bonds. The number of sulfone groups is 1. The van der Waals surface area contributed by atoms with E-state index in [2.05, 4.69) is 5.32 Å². The zero-order valence-electron chi connectivity index (χ0n) is 15.8. The first-order valence-electron chi connectivity index (χ1n) is 8.75. The van der Waals surface area contributed by atoms with E-state index >= 15 is 0 Å². The molecule has 1 heterocycles. The third-order valence-electron chi connectivity index (χ3n) is 4.56. The first-order valence-corrected chi connectivity index (χ1v) is 10.9. The summed E-state index contributed by atoms with van der Waals surface area (Å²) < 4.78 is 28.3. The quantitative estimate of drug-likeness (QED) is 0.675. The molecule has 154 valence electrons. The summed E-state index contributed by atoms with van der Waals surface area (Å²) >= 11 is 5.96. The molecule has 0 unspecified atom stereocenters. The van der Waals surface area contributed by atoms with E-state index in [1.165, 1.54) is 31.9 Å². The molecule has 0 radical (unpaired) electrons. The van der Waals surface area contributed by atoms with Gasteiger partial charge in [-0.15, -0.1) is 0 Å². The van der Waals surface area contributed by atoms with Crippen LogP contribution in [-0.4, -0.2) is 67.8 Å². The molecule has 1 aliphatic heterocycles. The van der Waals surface area contributed by atoms with Gasteiger partial charge in [0.1, 0.15) is 6.04 Å². The summed E-state index contributed by atoms with van der Waals surface area (Å²) in [6.45, 7) is 2.84. The van der Waals surface area contributed by atoms with Crippen molar-refractivity contribution in [3.05, 3.63) is 34.9 Å². The van der Waals surface area contributed by atoms with E-state index in [9.17, 15) is 22.8 Å². The number of nitrogens with one attached hydrogen (secondary N) is 1. The molecular weight excluding hydrogens is 408 g/mol. The van der Waals surface area contributed by atoms with Crippen LogP contribution in [0.2, 0.25) is 5.02 Å². The van der Waals surface area contributed by atoms with Gasteiger partial charge < -0.3 is 15.0 Å². The minimum absolute atomic E-state index is 0.0363. The Labute approximate surface area is 169 Å². The number of carbonyl (C=O) groups excluding carboxylic acids is 3. The van der Waals surface area contributed by atoms with Crippen molar-refractivity contribution in [2.45, 2.75) is 38.5 Å². The number of ether oxygens (including phenoxy) is 1. The lowest BCUT2D eigenvalue weighted by atomic mass is 10.2. The van der Waals surface area contributed by atoms with Crippen LogP contribution in [-0.2, 0) is 24.2 Å². The van der Waals surface area contributed by atoms with E-state index in [4.69, 9.17) is 16.3 Å². The molecule has 1 aromatic carbocycles. The molecule has 1 fully saturated rings. The van der Waals surface area contributed by atoms with Gasteiger partial charge in [0.05, 0.1) is 22.1 Å². The molecule has 0 saturated carbocycles. The fourth-order valence-electron chi connectivity index (χ4n) is 2.85. The zero-order chi connectivity index (χ0) is 21.1. The Kier molecular flexibility index (Phi) is 7.06. The summed E-state index contributed by atoms with van der Waals surface area (Å²) in [5.41, 5.74) is 0.218. The minimum atomic E-state index is -3.14. The lowest BCUT2D eigenvalue weighted by Gasteiger charge is -2.27. The summed E-state index contributed by atoms with van der Waals surface area (Å²) in [5.74, 6) is -1.88. The molecule has 8 nitrogen and oxygen atoms in total. The SMILES string of the molecule is C[C@H](NC(=O)c1ccccc1Cl)C(=O)O[C@H](C)C(=O)N(C)[C@H]1CCS(=O)(=O)C1. The van der Waals surface area contributed by atoms with Crippen LogP contribution in [0.5, 0.6) is 0 Å². The normalized spacial score (nSPS) is 20.1. The van der Waals surface area contributed by atoms with Crippen LogP contribution < -0.4 is 5.32 Å². The molecular formula is C18H23ClN2O6S. The second-order valence-corrected chi connectivity index (χ2v) is 9.40. The summed E-state index contributed by atoms with van der Waals surface area (Å²) in [4.78, 5) is 38.2. The molecule has 1 N–H and O–H groups in total. The van der Waals surface area contributed by atoms with Gasteiger partial charge in [0, 0.05) is 13.1 Å². The maximum absolute atomic E-state index is 12.4.